The summed E-state index contributed by atoms with van der Waals surface area (Å²) in [6.07, 6.45) is 5.54. The smallest absolute Gasteiger partial charge is 0.407 e. The minimum absolute atomic E-state index is 0.166. The molecule has 6 heteroatoms. The molecule has 1 saturated heterocycles. The van der Waals surface area contributed by atoms with Gasteiger partial charge in [-0.15, -0.1) is 0 Å². The van der Waals surface area contributed by atoms with Crippen LogP contribution in [0.2, 0.25) is 0 Å². The van der Waals surface area contributed by atoms with Gasteiger partial charge in [0.1, 0.15) is 5.60 Å². The normalized spacial score (nSPS) is 14.8. The summed E-state index contributed by atoms with van der Waals surface area (Å²) in [5.41, 5.74) is -0.389. The molecule has 1 fully saturated rings. The Kier molecular flexibility index (Phi) is 9.49. The molecule has 0 radical (unpaired) electrons. The van der Waals surface area contributed by atoms with E-state index in [2.05, 4.69) is 5.32 Å². The number of amides is 2. The van der Waals surface area contributed by atoms with Crippen molar-refractivity contribution in [3.8, 4) is 0 Å². The van der Waals surface area contributed by atoms with E-state index in [4.69, 9.17) is 4.74 Å². The van der Waals surface area contributed by atoms with Crippen LogP contribution < -0.4 is 5.32 Å². The van der Waals surface area contributed by atoms with Crippen LogP contribution in [0.3, 0.4) is 0 Å². The largest absolute Gasteiger partial charge is 0.444 e. The lowest BCUT2D eigenvalue weighted by Gasteiger charge is -2.18. The maximum absolute atomic E-state index is 11.4. The van der Waals surface area contributed by atoms with Crippen molar-refractivity contribution in [3.05, 3.63) is 12.2 Å². The van der Waals surface area contributed by atoms with Crippen LogP contribution in [0, 0.1) is 0 Å². The van der Waals surface area contributed by atoms with E-state index in [0.717, 1.165) is 32.5 Å². The van der Waals surface area contributed by atoms with Crippen LogP contribution in [-0.2, 0) is 9.53 Å². The van der Waals surface area contributed by atoms with Gasteiger partial charge in [-0.2, -0.15) is 0 Å². The number of alkyl carbamates (subject to hydrolysis) is 1. The second kappa shape index (κ2) is 10.2. The number of nitrogens with zero attached hydrogens (tertiary/aromatic N) is 2. The van der Waals surface area contributed by atoms with Gasteiger partial charge in [-0.3, -0.25) is 4.79 Å². The summed E-state index contributed by atoms with van der Waals surface area (Å²) in [5, 5.41) is 2.36. The molecule has 128 valence electrons. The van der Waals surface area contributed by atoms with Gasteiger partial charge >= 0.3 is 6.09 Å². The first-order valence-electron chi connectivity index (χ1n) is 7.66. The minimum Gasteiger partial charge on any atom is -0.444 e. The Balaban J connectivity index is 0.000000433. The van der Waals surface area contributed by atoms with Gasteiger partial charge in [0.05, 0.1) is 0 Å². The van der Waals surface area contributed by atoms with Gasteiger partial charge in [-0.05, 0) is 47.7 Å². The summed E-state index contributed by atoms with van der Waals surface area (Å²) in [5.74, 6) is 0.166. The van der Waals surface area contributed by atoms with E-state index in [-0.39, 0.29) is 17.6 Å². The van der Waals surface area contributed by atoms with Gasteiger partial charge < -0.3 is 19.9 Å². The highest BCUT2D eigenvalue weighted by Crippen LogP contribution is 2.07. The van der Waals surface area contributed by atoms with E-state index >= 15 is 0 Å². The average Bonchev–Trinajstić information content (AvgIpc) is 2.90. The number of ether oxygens (including phenoxy) is 1. The molecule has 6 nitrogen and oxygen atoms in total. The number of likely N-dealkylation sites (tertiary alicyclic amines) is 1. The number of likely N-dealkylation sites (N-methyl/N-ethyl adjacent to an activating group) is 1. The third kappa shape index (κ3) is 11.1. The second-order valence-corrected chi connectivity index (χ2v) is 6.45. The molecule has 1 N–H and O–H groups in total. The van der Waals surface area contributed by atoms with Crippen molar-refractivity contribution in [1.29, 1.82) is 0 Å². The molecule has 0 aromatic heterocycles. The SMILES string of the molecule is CN(C)C/C=C/C(=O)N1CCCC1.CNC(=O)OC(C)(C)C. The Hall–Kier alpha value is -1.56. The molecule has 0 aliphatic carbocycles. The lowest BCUT2D eigenvalue weighted by Crippen LogP contribution is -2.30. The van der Waals surface area contributed by atoms with Gasteiger partial charge in [-0.1, -0.05) is 6.08 Å². The summed E-state index contributed by atoms with van der Waals surface area (Å²) < 4.78 is 4.84. The van der Waals surface area contributed by atoms with E-state index in [1.807, 2.05) is 50.7 Å². The number of nitrogens with one attached hydrogen (secondary N) is 1. The predicted octanol–water partition coefficient (Wildman–Crippen LogP) is 1.87. The Morgan fingerprint density at radius 2 is 1.77 bits per heavy atom. The molecular weight excluding hydrogens is 282 g/mol. The monoisotopic (exact) mass is 313 g/mol. The van der Waals surface area contributed by atoms with Crippen molar-refractivity contribution in [3.63, 3.8) is 0 Å². The van der Waals surface area contributed by atoms with Crippen LogP contribution in [-0.4, -0.2) is 68.2 Å². The summed E-state index contributed by atoms with van der Waals surface area (Å²) in [6, 6.07) is 0. The predicted molar refractivity (Wildman–Crippen MR) is 88.8 cm³/mol. The highest BCUT2D eigenvalue weighted by Gasteiger charge is 2.15. The summed E-state index contributed by atoms with van der Waals surface area (Å²) in [6.45, 7) is 8.17. The Bertz CT molecular complexity index is 367. The van der Waals surface area contributed by atoms with Crippen LogP contribution in [0.5, 0.6) is 0 Å². The molecule has 1 aliphatic rings. The van der Waals surface area contributed by atoms with Crippen LogP contribution in [0.1, 0.15) is 33.6 Å². The number of rotatable bonds is 3. The molecule has 0 unspecified atom stereocenters. The lowest BCUT2D eigenvalue weighted by molar-refractivity contribution is -0.125. The van der Waals surface area contributed by atoms with Gasteiger partial charge in [-0.25, -0.2) is 4.79 Å². The number of hydrogen-bond acceptors (Lipinski definition) is 4. The molecular formula is C16H31N3O3. The standard InChI is InChI=1S/C10H18N2O.C6H13NO2/c1-11(2)7-5-6-10(13)12-8-3-4-9-12;1-6(2,3)9-5(8)7-4/h5-6H,3-4,7-9H2,1-2H3;1-4H3,(H,7,8)/b6-5+;. The Labute approximate surface area is 134 Å². The van der Waals surface area contributed by atoms with Crippen molar-refractivity contribution in [1.82, 2.24) is 15.1 Å². The molecule has 22 heavy (non-hydrogen) atoms. The summed E-state index contributed by atoms with van der Waals surface area (Å²) >= 11 is 0. The van der Waals surface area contributed by atoms with Crippen molar-refractivity contribution < 1.29 is 14.3 Å². The van der Waals surface area contributed by atoms with Crippen molar-refractivity contribution in [2.45, 2.75) is 39.2 Å². The van der Waals surface area contributed by atoms with Gasteiger partial charge in [0, 0.05) is 32.8 Å². The lowest BCUT2D eigenvalue weighted by atomic mass is 10.2. The highest BCUT2D eigenvalue weighted by atomic mass is 16.6. The van der Waals surface area contributed by atoms with Gasteiger partial charge in [0.2, 0.25) is 5.91 Å². The number of hydrogen-bond donors (Lipinski definition) is 1. The first-order chi connectivity index (χ1) is 10.2. The molecule has 0 spiro atoms. The van der Waals surface area contributed by atoms with Crippen molar-refractivity contribution >= 4 is 12.0 Å². The molecule has 0 bridgehead atoms. The number of carbonyl (C=O) groups excluding carboxylic acids is 2. The van der Waals surface area contributed by atoms with E-state index in [1.54, 1.807) is 6.08 Å². The van der Waals surface area contributed by atoms with Gasteiger partial charge in [0.15, 0.2) is 0 Å². The Morgan fingerprint density at radius 3 is 2.14 bits per heavy atom. The zero-order chi connectivity index (χ0) is 17.2. The van der Waals surface area contributed by atoms with Crippen LogP contribution >= 0.6 is 0 Å². The molecule has 0 aromatic rings. The number of carbonyl (C=O) groups is 2. The van der Waals surface area contributed by atoms with Crippen molar-refractivity contribution in [2.75, 3.05) is 40.8 Å². The summed E-state index contributed by atoms with van der Waals surface area (Å²) in [4.78, 5) is 25.9. The fraction of sp³-hybridized carbons (Fsp3) is 0.750. The quantitative estimate of drug-likeness (QED) is 0.808. The van der Waals surface area contributed by atoms with E-state index < -0.39 is 0 Å². The first kappa shape index (κ1) is 20.4. The van der Waals surface area contributed by atoms with Crippen LogP contribution in [0.15, 0.2) is 12.2 Å². The molecule has 1 heterocycles. The highest BCUT2D eigenvalue weighted by molar-refractivity contribution is 5.87. The molecule has 0 saturated carbocycles. The van der Waals surface area contributed by atoms with Crippen LogP contribution in [0.4, 0.5) is 4.79 Å². The third-order valence-electron chi connectivity index (χ3n) is 2.75. The minimum atomic E-state index is -0.389. The Morgan fingerprint density at radius 1 is 1.23 bits per heavy atom. The molecule has 0 aromatic carbocycles. The zero-order valence-corrected chi connectivity index (χ0v) is 14.8. The van der Waals surface area contributed by atoms with Crippen LogP contribution in [0.25, 0.3) is 0 Å². The maximum Gasteiger partial charge on any atom is 0.407 e. The molecule has 2 amide bonds. The maximum atomic E-state index is 11.4. The molecule has 1 rings (SSSR count). The van der Waals surface area contributed by atoms with E-state index in [9.17, 15) is 9.59 Å². The summed E-state index contributed by atoms with van der Waals surface area (Å²) in [7, 11) is 5.52. The van der Waals surface area contributed by atoms with E-state index in [0.29, 0.717) is 0 Å². The van der Waals surface area contributed by atoms with Gasteiger partial charge in [0.25, 0.3) is 0 Å². The molecule has 1 aliphatic heterocycles. The third-order valence-corrected chi connectivity index (χ3v) is 2.75. The fourth-order valence-corrected chi connectivity index (χ4v) is 1.74. The molecule has 0 atom stereocenters. The van der Waals surface area contributed by atoms with E-state index in [1.165, 1.54) is 7.05 Å². The fourth-order valence-electron chi connectivity index (χ4n) is 1.74. The first-order valence-corrected chi connectivity index (χ1v) is 7.66. The zero-order valence-electron chi connectivity index (χ0n) is 14.8. The average molecular weight is 313 g/mol. The topological polar surface area (TPSA) is 61.9 Å². The van der Waals surface area contributed by atoms with Crippen molar-refractivity contribution in [2.24, 2.45) is 0 Å². The second-order valence-electron chi connectivity index (χ2n) is 6.45.